The molecule has 1 aliphatic heterocycles. The summed E-state index contributed by atoms with van der Waals surface area (Å²) in [4.78, 5) is 27.6. The number of amides is 2. The van der Waals surface area contributed by atoms with Gasteiger partial charge in [-0.3, -0.25) is 4.79 Å². The van der Waals surface area contributed by atoms with Gasteiger partial charge in [0.25, 0.3) is 5.91 Å². The first-order valence-corrected chi connectivity index (χ1v) is 12.3. The molecule has 0 bridgehead atoms. The molecule has 1 aliphatic rings. The van der Waals surface area contributed by atoms with E-state index in [0.29, 0.717) is 47.9 Å². The molecule has 1 fully saturated rings. The van der Waals surface area contributed by atoms with E-state index in [2.05, 4.69) is 10.4 Å². The first kappa shape index (κ1) is 25.7. The summed E-state index contributed by atoms with van der Waals surface area (Å²) in [5, 5.41) is 7.97. The van der Waals surface area contributed by atoms with E-state index in [1.165, 1.54) is 18.3 Å². The van der Waals surface area contributed by atoms with Crippen molar-refractivity contribution in [2.45, 2.75) is 52.1 Å². The van der Waals surface area contributed by atoms with Crippen molar-refractivity contribution in [1.29, 1.82) is 0 Å². The zero-order valence-corrected chi connectivity index (χ0v) is 21.6. The van der Waals surface area contributed by atoms with Crippen molar-refractivity contribution in [1.82, 2.24) is 14.7 Å². The molecule has 0 atom stereocenters. The summed E-state index contributed by atoms with van der Waals surface area (Å²) in [5.74, 6) is -0.705. The molecule has 0 unspecified atom stereocenters. The second-order valence-electron chi connectivity index (χ2n) is 9.99. The van der Waals surface area contributed by atoms with E-state index in [9.17, 15) is 14.0 Å². The van der Waals surface area contributed by atoms with Crippen molar-refractivity contribution in [2.24, 2.45) is 0 Å². The zero-order valence-electron chi connectivity index (χ0n) is 20.8. The number of hydrogen-bond donors (Lipinski definition) is 1. The summed E-state index contributed by atoms with van der Waals surface area (Å²) in [7, 11) is 0. The Morgan fingerprint density at radius 3 is 2.42 bits per heavy atom. The van der Waals surface area contributed by atoms with Crippen molar-refractivity contribution in [2.75, 3.05) is 18.4 Å². The van der Waals surface area contributed by atoms with Gasteiger partial charge in [0.2, 0.25) is 0 Å². The van der Waals surface area contributed by atoms with Crippen molar-refractivity contribution in [3.05, 3.63) is 76.3 Å². The van der Waals surface area contributed by atoms with E-state index in [1.54, 1.807) is 33.8 Å². The Morgan fingerprint density at radius 1 is 1.11 bits per heavy atom. The highest BCUT2D eigenvalue weighted by atomic mass is 35.5. The van der Waals surface area contributed by atoms with E-state index < -0.39 is 5.60 Å². The van der Waals surface area contributed by atoms with Crippen LogP contribution in [0.5, 0.6) is 0 Å². The number of aromatic nitrogens is 2. The predicted octanol–water partition coefficient (Wildman–Crippen LogP) is 6.34. The molecule has 190 valence electrons. The monoisotopic (exact) mass is 512 g/mol. The fourth-order valence-electron chi connectivity index (χ4n) is 4.29. The molecule has 2 heterocycles. The summed E-state index contributed by atoms with van der Waals surface area (Å²) in [6.45, 7) is 8.38. The maximum atomic E-state index is 13.6. The first-order chi connectivity index (χ1) is 17.0. The summed E-state index contributed by atoms with van der Waals surface area (Å²) < 4.78 is 20.8. The van der Waals surface area contributed by atoms with E-state index in [1.807, 2.05) is 33.8 Å². The zero-order chi connectivity index (χ0) is 26.0. The lowest BCUT2D eigenvalue weighted by molar-refractivity contribution is 0.0203. The molecule has 0 aliphatic carbocycles. The summed E-state index contributed by atoms with van der Waals surface area (Å²) >= 11 is 6.13. The van der Waals surface area contributed by atoms with Crippen LogP contribution < -0.4 is 5.32 Å². The Kier molecular flexibility index (Phi) is 7.36. The van der Waals surface area contributed by atoms with E-state index in [4.69, 9.17) is 16.3 Å². The van der Waals surface area contributed by atoms with Crippen LogP contribution in [0.4, 0.5) is 14.9 Å². The Hall–Kier alpha value is -3.39. The number of carbonyl (C=O) groups excluding carboxylic acids is 2. The molecule has 3 aromatic rings. The predicted molar refractivity (Wildman–Crippen MR) is 137 cm³/mol. The summed E-state index contributed by atoms with van der Waals surface area (Å²) in [5.41, 5.74) is 2.73. The molecule has 36 heavy (non-hydrogen) atoms. The fraction of sp³-hybridized carbons (Fsp3) is 0.370. The summed E-state index contributed by atoms with van der Waals surface area (Å²) in [6, 6.07) is 11.3. The second kappa shape index (κ2) is 10.3. The van der Waals surface area contributed by atoms with Crippen molar-refractivity contribution in [3.63, 3.8) is 0 Å². The van der Waals surface area contributed by atoms with Gasteiger partial charge in [-0.15, -0.1) is 0 Å². The highest BCUT2D eigenvalue weighted by Crippen LogP contribution is 2.33. The highest BCUT2D eigenvalue weighted by Gasteiger charge is 2.32. The van der Waals surface area contributed by atoms with Gasteiger partial charge < -0.3 is 15.0 Å². The third kappa shape index (κ3) is 5.87. The van der Waals surface area contributed by atoms with E-state index >= 15 is 0 Å². The van der Waals surface area contributed by atoms with Gasteiger partial charge in [-0.05, 0) is 82.5 Å². The largest absolute Gasteiger partial charge is 0.444 e. The maximum absolute atomic E-state index is 13.6. The van der Waals surface area contributed by atoms with Gasteiger partial charge in [0.05, 0.1) is 23.1 Å². The number of benzene rings is 2. The van der Waals surface area contributed by atoms with Crippen LogP contribution in [-0.4, -0.2) is 45.4 Å². The highest BCUT2D eigenvalue weighted by molar-refractivity contribution is 6.31. The Morgan fingerprint density at radius 2 is 1.78 bits per heavy atom. The maximum Gasteiger partial charge on any atom is 0.410 e. The molecule has 7 nitrogen and oxygen atoms in total. The number of piperidine rings is 1. The first-order valence-electron chi connectivity index (χ1n) is 11.9. The van der Waals surface area contributed by atoms with Crippen LogP contribution in [0.1, 0.15) is 61.1 Å². The van der Waals surface area contributed by atoms with Gasteiger partial charge in [0.1, 0.15) is 11.4 Å². The number of carbonyl (C=O) groups is 2. The molecule has 0 radical (unpaired) electrons. The van der Waals surface area contributed by atoms with Crippen molar-refractivity contribution in [3.8, 4) is 5.69 Å². The second-order valence-corrected chi connectivity index (χ2v) is 10.4. The molecule has 1 N–H and O–H groups in total. The standard InChI is InChI=1S/C27H30ClFN4O3/c1-17-5-6-19(28)15-23(17)31-25(34)22-16-30-33(21-9-7-20(29)8-10-21)24(22)18-11-13-32(14-12-18)26(35)36-27(2,3)4/h5-10,15-16,18H,11-14H2,1-4H3,(H,31,34). The quantitative estimate of drug-likeness (QED) is 0.442. The molecular formula is C27H30ClFN4O3. The smallest absolute Gasteiger partial charge is 0.410 e. The van der Waals surface area contributed by atoms with Gasteiger partial charge in [-0.1, -0.05) is 17.7 Å². The number of rotatable bonds is 4. The molecule has 2 aromatic carbocycles. The Bertz CT molecular complexity index is 1260. The number of hydrogen-bond acceptors (Lipinski definition) is 4. The van der Waals surface area contributed by atoms with Gasteiger partial charge >= 0.3 is 6.09 Å². The number of nitrogens with zero attached hydrogens (tertiary/aromatic N) is 3. The van der Waals surface area contributed by atoms with Gasteiger partial charge in [0, 0.05) is 29.7 Å². The average molecular weight is 513 g/mol. The third-order valence-corrected chi connectivity index (χ3v) is 6.34. The molecule has 2 amide bonds. The third-order valence-electron chi connectivity index (χ3n) is 6.10. The van der Waals surface area contributed by atoms with Crippen LogP contribution in [0, 0.1) is 12.7 Å². The molecular weight excluding hydrogens is 483 g/mol. The average Bonchev–Trinajstić information content (AvgIpc) is 3.26. The number of aryl methyl sites for hydroxylation is 1. The van der Waals surface area contributed by atoms with Gasteiger partial charge in [0.15, 0.2) is 0 Å². The Balaban J connectivity index is 1.63. The molecule has 1 saturated heterocycles. The minimum Gasteiger partial charge on any atom is -0.444 e. The van der Waals surface area contributed by atoms with Crippen molar-refractivity contribution < 1.29 is 18.7 Å². The normalized spacial score (nSPS) is 14.6. The van der Waals surface area contributed by atoms with E-state index in [-0.39, 0.29) is 23.7 Å². The van der Waals surface area contributed by atoms with Crippen LogP contribution in [0.15, 0.2) is 48.7 Å². The molecule has 0 spiro atoms. The van der Waals surface area contributed by atoms with E-state index in [0.717, 1.165) is 11.3 Å². The van der Waals surface area contributed by atoms with Gasteiger partial charge in [-0.2, -0.15) is 5.10 Å². The van der Waals surface area contributed by atoms with Crippen molar-refractivity contribution >= 4 is 29.3 Å². The lowest BCUT2D eigenvalue weighted by Gasteiger charge is -2.34. The van der Waals surface area contributed by atoms with Crippen LogP contribution in [0.2, 0.25) is 5.02 Å². The van der Waals surface area contributed by atoms with Crippen LogP contribution in [-0.2, 0) is 4.74 Å². The fourth-order valence-corrected chi connectivity index (χ4v) is 4.47. The SMILES string of the molecule is Cc1ccc(Cl)cc1NC(=O)c1cnn(-c2ccc(F)cc2)c1C1CCN(C(=O)OC(C)(C)C)CC1. The number of halogens is 2. The lowest BCUT2D eigenvalue weighted by atomic mass is 9.90. The molecule has 9 heteroatoms. The number of ether oxygens (including phenoxy) is 1. The molecule has 1 aromatic heterocycles. The molecule has 4 rings (SSSR count). The lowest BCUT2D eigenvalue weighted by Crippen LogP contribution is -2.41. The number of likely N-dealkylation sites (tertiary alicyclic amines) is 1. The van der Waals surface area contributed by atoms with Crippen LogP contribution in [0.25, 0.3) is 5.69 Å². The summed E-state index contributed by atoms with van der Waals surface area (Å²) in [6.07, 6.45) is 2.45. The molecule has 0 saturated carbocycles. The van der Waals surface area contributed by atoms with Crippen LogP contribution >= 0.6 is 11.6 Å². The topological polar surface area (TPSA) is 76.5 Å². The van der Waals surface area contributed by atoms with Gasteiger partial charge in [-0.25, -0.2) is 13.9 Å². The Labute approximate surface area is 215 Å². The van der Waals surface area contributed by atoms with Crippen LogP contribution in [0.3, 0.4) is 0 Å². The minimum atomic E-state index is -0.571. The number of nitrogens with one attached hydrogen (secondary N) is 1. The number of anilines is 1. The minimum absolute atomic E-state index is 0.0440.